The van der Waals surface area contributed by atoms with Gasteiger partial charge in [-0.15, -0.1) is 0 Å². The number of fused-ring (bicyclic) bond motifs is 3. The van der Waals surface area contributed by atoms with E-state index in [-0.39, 0.29) is 24.9 Å². The number of amides is 2. The number of benzene rings is 6. The lowest BCUT2D eigenvalue weighted by Gasteiger charge is -2.36. The molecule has 2 amide bonds. The summed E-state index contributed by atoms with van der Waals surface area (Å²) in [4.78, 5) is 40.8. The minimum absolute atomic E-state index is 0.0998. The molecule has 1 atom stereocenters. The fourth-order valence-corrected chi connectivity index (χ4v) is 7.07. The molecule has 6 aromatic carbocycles. The Labute approximate surface area is 303 Å². The minimum atomic E-state index is -1.43. The number of ether oxygens (including phenoxy) is 2. The fraction of sp³-hybridized carbons (Fsp3) is 0.133. The molecular formula is C45H38N2O5. The lowest BCUT2D eigenvalue weighted by Crippen LogP contribution is -2.47. The molecule has 0 saturated heterocycles. The number of hydrogen-bond acceptors (Lipinski definition) is 5. The molecule has 1 aliphatic rings. The van der Waals surface area contributed by atoms with E-state index in [0.717, 1.165) is 27.8 Å². The van der Waals surface area contributed by atoms with Crippen molar-refractivity contribution < 1.29 is 23.9 Å². The lowest BCUT2D eigenvalue weighted by molar-refractivity contribution is -0.156. The zero-order valence-electron chi connectivity index (χ0n) is 28.7. The van der Waals surface area contributed by atoms with E-state index >= 15 is 0 Å². The summed E-state index contributed by atoms with van der Waals surface area (Å²) in [7, 11) is 1.58. The van der Waals surface area contributed by atoms with Gasteiger partial charge in [-0.05, 0) is 39.9 Å². The molecule has 0 spiro atoms. The summed E-state index contributed by atoms with van der Waals surface area (Å²) >= 11 is 0. The molecule has 0 aliphatic heterocycles. The number of rotatable bonds is 11. The van der Waals surface area contributed by atoms with Crippen molar-refractivity contribution in [2.45, 2.75) is 24.0 Å². The maximum atomic E-state index is 14.7. The van der Waals surface area contributed by atoms with E-state index in [2.05, 4.69) is 34.9 Å². The summed E-state index contributed by atoms with van der Waals surface area (Å²) in [5, 5.41) is 5.51. The highest BCUT2D eigenvalue weighted by atomic mass is 16.6. The monoisotopic (exact) mass is 686 g/mol. The molecule has 0 saturated carbocycles. The summed E-state index contributed by atoms with van der Waals surface area (Å²) in [6.45, 7) is 0.0998. The maximum Gasteiger partial charge on any atom is 0.407 e. The van der Waals surface area contributed by atoms with Gasteiger partial charge in [0.15, 0.2) is 5.60 Å². The van der Waals surface area contributed by atoms with E-state index in [1.54, 1.807) is 31.3 Å². The van der Waals surface area contributed by atoms with Crippen molar-refractivity contribution in [3.05, 3.63) is 203 Å². The van der Waals surface area contributed by atoms with Crippen LogP contribution in [-0.2, 0) is 26.3 Å². The SMILES string of the molecule is CNC(=O)c1ccc(C(OC(=O)[C@@H](Cc2ccccc2)NC(=O)OCC2c3ccccc3-c3ccccc32)(c2ccccc2)c2ccccc2)cc1. The average Bonchev–Trinajstić information content (AvgIpc) is 3.53. The summed E-state index contributed by atoms with van der Waals surface area (Å²) < 4.78 is 12.6. The van der Waals surface area contributed by atoms with E-state index in [1.807, 2.05) is 115 Å². The Morgan fingerprint density at radius 1 is 0.615 bits per heavy atom. The second-order valence-corrected chi connectivity index (χ2v) is 12.7. The number of carbonyl (C=O) groups excluding carboxylic acids is 3. The first kappa shape index (κ1) is 34.0. The van der Waals surface area contributed by atoms with Crippen LogP contribution in [0.15, 0.2) is 164 Å². The van der Waals surface area contributed by atoms with Crippen molar-refractivity contribution in [2.75, 3.05) is 13.7 Å². The molecule has 6 aromatic rings. The predicted molar refractivity (Wildman–Crippen MR) is 201 cm³/mol. The molecule has 0 bridgehead atoms. The molecule has 258 valence electrons. The van der Waals surface area contributed by atoms with Gasteiger partial charge in [-0.1, -0.05) is 152 Å². The zero-order chi connectivity index (χ0) is 35.9. The zero-order valence-corrected chi connectivity index (χ0v) is 28.7. The highest BCUT2D eigenvalue weighted by Gasteiger charge is 2.42. The van der Waals surface area contributed by atoms with Crippen molar-refractivity contribution in [1.82, 2.24) is 10.6 Å². The third kappa shape index (κ3) is 6.81. The molecule has 0 fully saturated rings. The van der Waals surface area contributed by atoms with Crippen molar-refractivity contribution in [3.63, 3.8) is 0 Å². The number of carbonyl (C=O) groups is 3. The van der Waals surface area contributed by atoms with Crippen LogP contribution in [0.3, 0.4) is 0 Å². The Morgan fingerprint density at radius 2 is 1.10 bits per heavy atom. The second kappa shape index (κ2) is 15.2. The average molecular weight is 687 g/mol. The summed E-state index contributed by atoms with van der Waals surface area (Å²) in [5.74, 6) is -1.02. The van der Waals surface area contributed by atoms with Crippen LogP contribution in [0.4, 0.5) is 4.79 Å². The van der Waals surface area contributed by atoms with Gasteiger partial charge in [-0.2, -0.15) is 0 Å². The molecular weight excluding hydrogens is 649 g/mol. The van der Waals surface area contributed by atoms with E-state index in [1.165, 1.54) is 0 Å². The molecule has 7 heteroatoms. The van der Waals surface area contributed by atoms with Gasteiger partial charge in [-0.3, -0.25) is 4.79 Å². The van der Waals surface area contributed by atoms with E-state index in [0.29, 0.717) is 22.3 Å². The van der Waals surface area contributed by atoms with Gasteiger partial charge in [0.2, 0.25) is 0 Å². The topological polar surface area (TPSA) is 93.7 Å². The van der Waals surface area contributed by atoms with Gasteiger partial charge < -0.3 is 20.1 Å². The molecule has 7 nitrogen and oxygen atoms in total. The van der Waals surface area contributed by atoms with Gasteiger partial charge in [0, 0.05) is 41.6 Å². The number of alkyl carbamates (subject to hydrolysis) is 1. The van der Waals surface area contributed by atoms with Gasteiger partial charge in [0.1, 0.15) is 12.6 Å². The normalized spacial score (nSPS) is 12.6. The molecule has 0 unspecified atom stereocenters. The third-order valence-electron chi connectivity index (χ3n) is 9.60. The van der Waals surface area contributed by atoms with Crippen molar-refractivity contribution in [1.29, 1.82) is 0 Å². The van der Waals surface area contributed by atoms with Crippen LogP contribution in [0.2, 0.25) is 0 Å². The smallest absolute Gasteiger partial charge is 0.407 e. The standard InChI is InChI=1S/C45H38N2O5/c1-46-42(48)32-25-27-35(28-26-32)45(33-17-7-3-8-18-33,34-19-9-4-10-20-34)52-43(49)41(29-31-15-5-2-6-16-31)47-44(50)51-30-40-38-23-13-11-21-36(38)37-22-12-14-24-39(37)40/h2-28,40-41H,29-30H2,1H3,(H,46,48)(H,47,50)/t41-/m1/s1. The van der Waals surface area contributed by atoms with Crippen LogP contribution < -0.4 is 10.6 Å². The molecule has 1 aliphatic carbocycles. The minimum Gasteiger partial charge on any atom is -0.449 e. The summed E-state index contributed by atoms with van der Waals surface area (Å²) in [6.07, 6.45) is -0.557. The first-order valence-corrected chi connectivity index (χ1v) is 17.3. The lowest BCUT2D eigenvalue weighted by atomic mass is 9.79. The molecule has 52 heavy (non-hydrogen) atoms. The van der Waals surface area contributed by atoms with Crippen molar-refractivity contribution >= 4 is 18.0 Å². The van der Waals surface area contributed by atoms with E-state index in [9.17, 15) is 14.4 Å². The first-order chi connectivity index (χ1) is 25.5. The van der Waals surface area contributed by atoms with Crippen LogP contribution in [0, 0.1) is 0 Å². The molecule has 0 radical (unpaired) electrons. The number of nitrogens with one attached hydrogen (secondary N) is 2. The maximum absolute atomic E-state index is 14.7. The predicted octanol–water partition coefficient (Wildman–Crippen LogP) is 8.03. The third-order valence-corrected chi connectivity index (χ3v) is 9.60. The number of hydrogen-bond donors (Lipinski definition) is 2. The largest absolute Gasteiger partial charge is 0.449 e. The Morgan fingerprint density at radius 3 is 1.63 bits per heavy atom. The van der Waals surface area contributed by atoms with Gasteiger partial charge in [0.05, 0.1) is 0 Å². The van der Waals surface area contributed by atoms with Gasteiger partial charge >= 0.3 is 12.1 Å². The molecule has 7 rings (SSSR count). The fourth-order valence-electron chi connectivity index (χ4n) is 7.07. The molecule has 0 aromatic heterocycles. The molecule has 2 N–H and O–H groups in total. The van der Waals surface area contributed by atoms with Gasteiger partial charge in [0.25, 0.3) is 5.91 Å². The highest BCUT2D eigenvalue weighted by molar-refractivity contribution is 5.94. The second-order valence-electron chi connectivity index (χ2n) is 12.7. The Balaban J connectivity index is 1.22. The van der Waals surface area contributed by atoms with Gasteiger partial charge in [-0.25, -0.2) is 9.59 Å². The van der Waals surface area contributed by atoms with E-state index < -0.39 is 23.7 Å². The Kier molecular flexibility index (Phi) is 9.93. The quantitative estimate of drug-likeness (QED) is 0.106. The van der Waals surface area contributed by atoms with Crippen LogP contribution in [0.5, 0.6) is 0 Å². The number of esters is 1. The van der Waals surface area contributed by atoms with Crippen LogP contribution >= 0.6 is 0 Å². The Hall–Kier alpha value is -6.47. The summed E-state index contributed by atoms with van der Waals surface area (Å²) in [6, 6.07) is 50.6. The summed E-state index contributed by atoms with van der Waals surface area (Å²) in [5.41, 5.74) is 6.32. The van der Waals surface area contributed by atoms with E-state index in [4.69, 9.17) is 9.47 Å². The van der Waals surface area contributed by atoms with Crippen molar-refractivity contribution in [2.24, 2.45) is 0 Å². The van der Waals surface area contributed by atoms with Crippen LogP contribution in [-0.4, -0.2) is 37.7 Å². The Bertz CT molecular complexity index is 2080. The van der Waals surface area contributed by atoms with Crippen LogP contribution in [0.1, 0.15) is 49.7 Å². The first-order valence-electron chi connectivity index (χ1n) is 17.3. The molecule has 0 heterocycles. The highest BCUT2D eigenvalue weighted by Crippen LogP contribution is 2.45. The van der Waals surface area contributed by atoms with Crippen molar-refractivity contribution in [3.8, 4) is 11.1 Å². The van der Waals surface area contributed by atoms with Crippen LogP contribution in [0.25, 0.3) is 11.1 Å².